The third-order valence-corrected chi connectivity index (χ3v) is 6.24. The van der Waals surface area contributed by atoms with Crippen LogP contribution < -0.4 is 4.74 Å². The van der Waals surface area contributed by atoms with Gasteiger partial charge in [-0.15, -0.1) is 0 Å². The van der Waals surface area contributed by atoms with Gasteiger partial charge >= 0.3 is 5.97 Å². The van der Waals surface area contributed by atoms with Gasteiger partial charge in [0.05, 0.1) is 18.8 Å². The number of esters is 1. The lowest BCUT2D eigenvalue weighted by atomic mass is 9.89. The second-order valence-electron chi connectivity index (χ2n) is 8.93. The van der Waals surface area contributed by atoms with Crippen molar-refractivity contribution in [2.24, 2.45) is 17.3 Å². The van der Waals surface area contributed by atoms with E-state index < -0.39 is 11.8 Å². The summed E-state index contributed by atoms with van der Waals surface area (Å²) < 4.78 is 25.9. The quantitative estimate of drug-likeness (QED) is 0.604. The second-order valence-corrected chi connectivity index (χ2v) is 8.93. The molecule has 1 aromatic rings. The Kier molecular flexibility index (Phi) is 4.70. The Bertz CT molecular complexity index is 695. The Morgan fingerprint density at radius 1 is 1.27 bits per heavy atom. The fraction of sp³-hybridized carbons (Fsp3) is 0.682. The molecule has 26 heavy (non-hydrogen) atoms. The van der Waals surface area contributed by atoms with Gasteiger partial charge in [-0.05, 0) is 61.5 Å². The molecule has 0 aliphatic heterocycles. The third-order valence-electron chi connectivity index (χ3n) is 6.24. The van der Waals surface area contributed by atoms with E-state index in [-0.39, 0.29) is 11.5 Å². The van der Waals surface area contributed by atoms with E-state index in [1.165, 1.54) is 38.2 Å². The zero-order valence-electron chi connectivity index (χ0n) is 15.9. The molecule has 0 radical (unpaired) electrons. The second kappa shape index (κ2) is 6.86. The minimum Gasteiger partial charge on any atom is -0.493 e. The van der Waals surface area contributed by atoms with Crippen molar-refractivity contribution in [2.75, 3.05) is 13.2 Å². The van der Waals surface area contributed by atoms with Crippen molar-refractivity contribution < 1.29 is 18.7 Å². The summed E-state index contributed by atoms with van der Waals surface area (Å²) in [7, 11) is 0. The highest BCUT2D eigenvalue weighted by molar-refractivity contribution is 5.90. The van der Waals surface area contributed by atoms with Gasteiger partial charge in [0.2, 0.25) is 0 Å². The maximum absolute atomic E-state index is 14.6. The molecule has 3 aliphatic rings. The van der Waals surface area contributed by atoms with Crippen LogP contribution >= 0.6 is 0 Å². The molecule has 0 N–H and O–H groups in total. The van der Waals surface area contributed by atoms with Crippen molar-refractivity contribution in [2.45, 2.75) is 64.7 Å². The summed E-state index contributed by atoms with van der Waals surface area (Å²) in [5, 5.41) is 0. The molecule has 2 unspecified atom stereocenters. The molecule has 0 aromatic heterocycles. The lowest BCUT2D eigenvalue weighted by Gasteiger charge is -2.23. The lowest BCUT2D eigenvalue weighted by molar-refractivity contribution is 0.0453. The minimum atomic E-state index is -0.571. The molecule has 3 saturated carbocycles. The average molecular weight is 360 g/mol. The molecule has 4 rings (SSSR count). The number of ether oxygens (including phenoxy) is 2. The molecule has 0 amide bonds. The fourth-order valence-electron chi connectivity index (χ4n) is 4.37. The monoisotopic (exact) mass is 360 g/mol. The highest BCUT2D eigenvalue weighted by atomic mass is 19.1. The zero-order valence-corrected chi connectivity index (χ0v) is 15.9. The molecule has 0 heterocycles. The van der Waals surface area contributed by atoms with Gasteiger partial charge in [0.25, 0.3) is 0 Å². The van der Waals surface area contributed by atoms with Crippen molar-refractivity contribution >= 4 is 5.97 Å². The van der Waals surface area contributed by atoms with Crippen LogP contribution in [0.2, 0.25) is 0 Å². The molecule has 2 atom stereocenters. The van der Waals surface area contributed by atoms with E-state index in [9.17, 15) is 9.18 Å². The van der Waals surface area contributed by atoms with Gasteiger partial charge in [0.1, 0.15) is 11.6 Å². The first kappa shape index (κ1) is 17.8. The summed E-state index contributed by atoms with van der Waals surface area (Å²) in [4.78, 5) is 12.2. The van der Waals surface area contributed by atoms with Crippen LogP contribution in [-0.2, 0) is 4.74 Å². The van der Waals surface area contributed by atoms with Crippen molar-refractivity contribution in [1.29, 1.82) is 0 Å². The summed E-state index contributed by atoms with van der Waals surface area (Å²) in [5.41, 5.74) is 1.36. The normalized spacial score (nSPS) is 27.2. The van der Waals surface area contributed by atoms with Crippen molar-refractivity contribution in [1.82, 2.24) is 0 Å². The third kappa shape index (κ3) is 3.60. The van der Waals surface area contributed by atoms with E-state index in [0.717, 1.165) is 24.3 Å². The Balaban J connectivity index is 1.50. The molecule has 0 spiro atoms. The standard InChI is InChI=1S/C22H29FO3/c1-14(2)12-25-21(24)18-9-17(15-6-7-15)20(10-19(18)23)26-13-22-8-4-3-5-16(22)11-22/h9-10,14-16H,3-8,11-13H2,1-2H3. The molecule has 3 fully saturated rings. The van der Waals surface area contributed by atoms with Gasteiger partial charge in [-0.3, -0.25) is 0 Å². The maximum Gasteiger partial charge on any atom is 0.341 e. The van der Waals surface area contributed by atoms with E-state index in [0.29, 0.717) is 30.3 Å². The van der Waals surface area contributed by atoms with Gasteiger partial charge in [0, 0.05) is 11.5 Å². The van der Waals surface area contributed by atoms with Crippen LogP contribution in [0.1, 0.15) is 80.6 Å². The highest BCUT2D eigenvalue weighted by Gasteiger charge is 2.55. The van der Waals surface area contributed by atoms with Crippen LogP contribution in [0.15, 0.2) is 12.1 Å². The maximum atomic E-state index is 14.6. The van der Waals surface area contributed by atoms with Gasteiger partial charge in [-0.25, -0.2) is 9.18 Å². The lowest BCUT2D eigenvalue weighted by Crippen LogP contribution is -2.19. The minimum absolute atomic E-state index is 0.0417. The summed E-state index contributed by atoms with van der Waals surface area (Å²) >= 11 is 0. The van der Waals surface area contributed by atoms with E-state index in [1.54, 1.807) is 6.07 Å². The largest absolute Gasteiger partial charge is 0.493 e. The first-order valence-corrected chi connectivity index (χ1v) is 10.1. The van der Waals surface area contributed by atoms with Crippen molar-refractivity contribution in [3.05, 3.63) is 29.1 Å². The Hall–Kier alpha value is -1.58. The first-order chi connectivity index (χ1) is 12.5. The summed E-state index contributed by atoms with van der Waals surface area (Å²) in [6, 6.07) is 3.09. The molecule has 4 heteroatoms. The smallest absolute Gasteiger partial charge is 0.341 e. The molecule has 0 saturated heterocycles. The van der Waals surface area contributed by atoms with Crippen LogP contribution in [0.4, 0.5) is 4.39 Å². The zero-order chi connectivity index (χ0) is 18.3. The van der Waals surface area contributed by atoms with Gasteiger partial charge < -0.3 is 9.47 Å². The highest BCUT2D eigenvalue weighted by Crippen LogP contribution is 2.61. The van der Waals surface area contributed by atoms with E-state index in [1.807, 2.05) is 13.8 Å². The number of halogens is 1. The topological polar surface area (TPSA) is 35.5 Å². The first-order valence-electron chi connectivity index (χ1n) is 10.1. The molecule has 0 bridgehead atoms. The van der Waals surface area contributed by atoms with Gasteiger partial charge in [-0.2, -0.15) is 0 Å². The molecule has 3 aliphatic carbocycles. The Morgan fingerprint density at radius 2 is 2.08 bits per heavy atom. The van der Waals surface area contributed by atoms with Crippen LogP contribution in [0.3, 0.4) is 0 Å². The van der Waals surface area contributed by atoms with E-state index in [4.69, 9.17) is 9.47 Å². The van der Waals surface area contributed by atoms with Crippen LogP contribution in [-0.4, -0.2) is 19.2 Å². The summed E-state index contributed by atoms with van der Waals surface area (Å²) in [6.45, 7) is 4.92. The number of hydrogen-bond donors (Lipinski definition) is 0. The number of benzene rings is 1. The predicted octanol–water partition coefficient (Wildman–Crippen LogP) is 5.48. The van der Waals surface area contributed by atoms with E-state index >= 15 is 0 Å². The number of fused-ring (bicyclic) bond motifs is 1. The SMILES string of the molecule is CC(C)COC(=O)c1cc(C2CC2)c(OCC23CCCCC2C3)cc1F. The Morgan fingerprint density at radius 3 is 2.77 bits per heavy atom. The van der Waals surface area contributed by atoms with Crippen LogP contribution in [0.25, 0.3) is 0 Å². The number of hydrogen-bond acceptors (Lipinski definition) is 3. The van der Waals surface area contributed by atoms with E-state index in [2.05, 4.69) is 0 Å². The van der Waals surface area contributed by atoms with Gasteiger partial charge in [0.15, 0.2) is 0 Å². The Labute approximate surface area is 155 Å². The number of rotatable bonds is 7. The molecule has 1 aromatic carbocycles. The molecule has 3 nitrogen and oxygen atoms in total. The summed E-state index contributed by atoms with van der Waals surface area (Å²) in [5.74, 6) is 0.950. The number of carbonyl (C=O) groups is 1. The van der Waals surface area contributed by atoms with Crippen LogP contribution in [0.5, 0.6) is 5.75 Å². The molecular weight excluding hydrogens is 331 g/mol. The molecular formula is C22H29FO3. The fourth-order valence-corrected chi connectivity index (χ4v) is 4.37. The molecule has 142 valence electrons. The van der Waals surface area contributed by atoms with Crippen molar-refractivity contribution in [3.8, 4) is 5.75 Å². The average Bonchev–Trinajstić information content (AvgIpc) is 3.51. The van der Waals surface area contributed by atoms with Crippen molar-refractivity contribution in [3.63, 3.8) is 0 Å². The van der Waals surface area contributed by atoms with Crippen LogP contribution in [0, 0.1) is 23.1 Å². The summed E-state index contributed by atoms with van der Waals surface area (Å²) in [6.07, 6.45) is 8.58. The number of carbonyl (C=O) groups excluding carboxylic acids is 1. The van der Waals surface area contributed by atoms with Gasteiger partial charge in [-0.1, -0.05) is 26.7 Å². The predicted molar refractivity (Wildman–Crippen MR) is 98.0 cm³/mol.